The number of hydrogen-bond acceptors (Lipinski definition) is 2. The van der Waals surface area contributed by atoms with Crippen molar-refractivity contribution >= 4 is 0 Å². The Bertz CT molecular complexity index is 383. The fourth-order valence-electron chi connectivity index (χ4n) is 4.09. The molecule has 3 heteroatoms. The van der Waals surface area contributed by atoms with Crippen molar-refractivity contribution in [2.45, 2.75) is 46.1 Å². The summed E-state index contributed by atoms with van der Waals surface area (Å²) in [5.41, 5.74) is 0.777. The first-order valence-electron chi connectivity index (χ1n) is 7.53. The molecule has 3 nitrogen and oxygen atoms in total. The lowest BCUT2D eigenvalue weighted by Crippen LogP contribution is -2.44. The van der Waals surface area contributed by atoms with Crippen molar-refractivity contribution in [3.8, 4) is 6.07 Å². The molecule has 2 aliphatic rings. The highest BCUT2D eigenvalue weighted by molar-refractivity contribution is 5.11. The molecule has 0 aliphatic heterocycles. The van der Waals surface area contributed by atoms with Crippen LogP contribution in [0.2, 0.25) is 0 Å². The second-order valence-corrected chi connectivity index (χ2v) is 7.95. The molecule has 19 heavy (non-hydrogen) atoms. The fraction of sp³-hybridized carbons (Fsp3) is 0.938. The summed E-state index contributed by atoms with van der Waals surface area (Å²) in [7, 11) is 4.19. The van der Waals surface area contributed by atoms with Crippen LogP contribution >= 0.6 is 0 Å². The normalized spacial score (nSPS) is 36.4. The molecular formula is C16H29N2O+. The van der Waals surface area contributed by atoms with Gasteiger partial charge in [-0.3, -0.25) is 0 Å². The van der Waals surface area contributed by atoms with Crippen molar-refractivity contribution in [3.63, 3.8) is 0 Å². The summed E-state index contributed by atoms with van der Waals surface area (Å²) >= 11 is 0. The molecule has 0 heterocycles. The predicted molar refractivity (Wildman–Crippen MR) is 76.4 cm³/mol. The van der Waals surface area contributed by atoms with Gasteiger partial charge in [0.2, 0.25) is 0 Å². The van der Waals surface area contributed by atoms with Gasteiger partial charge in [-0.15, -0.1) is 0 Å². The Morgan fingerprint density at radius 3 is 2.47 bits per heavy atom. The standard InChI is InChI=1S/C16H29N2O/c1-15(2)13-6-7-16(15,3)14(12-13)19-11-10-18(4,5)9-8-17/h13-14H,6-7,9-12H2,1-5H3/q+1/t13-,14-,16+/m1/s1. The number of hydrogen-bond donors (Lipinski definition) is 0. The lowest BCUT2D eigenvalue weighted by Gasteiger charge is -2.39. The van der Waals surface area contributed by atoms with E-state index in [9.17, 15) is 0 Å². The number of rotatable bonds is 5. The quantitative estimate of drug-likeness (QED) is 0.565. The first-order valence-corrected chi connectivity index (χ1v) is 7.53. The number of nitrogens with zero attached hydrogens (tertiary/aromatic N) is 2. The molecule has 0 aromatic carbocycles. The van der Waals surface area contributed by atoms with Crippen molar-refractivity contribution in [1.29, 1.82) is 5.26 Å². The van der Waals surface area contributed by atoms with Crippen LogP contribution in [0.25, 0.3) is 0 Å². The van der Waals surface area contributed by atoms with E-state index >= 15 is 0 Å². The lowest BCUT2D eigenvalue weighted by atomic mass is 9.70. The van der Waals surface area contributed by atoms with Gasteiger partial charge in [0.25, 0.3) is 0 Å². The minimum Gasteiger partial charge on any atom is -0.372 e. The smallest absolute Gasteiger partial charge is 0.166 e. The number of likely N-dealkylation sites (N-methyl/N-ethyl adjacent to an activating group) is 1. The second kappa shape index (κ2) is 4.75. The topological polar surface area (TPSA) is 33.0 Å². The highest BCUT2D eigenvalue weighted by atomic mass is 16.5. The average Bonchev–Trinajstić information content (AvgIpc) is 2.61. The van der Waals surface area contributed by atoms with Crippen molar-refractivity contribution in [2.24, 2.45) is 16.7 Å². The molecule has 2 aliphatic carbocycles. The Balaban J connectivity index is 1.88. The van der Waals surface area contributed by atoms with Gasteiger partial charge in [0.1, 0.15) is 12.6 Å². The average molecular weight is 265 g/mol. The molecule has 0 unspecified atom stereocenters. The van der Waals surface area contributed by atoms with E-state index in [4.69, 9.17) is 10.00 Å². The zero-order valence-electron chi connectivity index (χ0n) is 13.2. The van der Waals surface area contributed by atoms with Crippen molar-refractivity contribution in [3.05, 3.63) is 0 Å². The van der Waals surface area contributed by atoms with E-state index in [1.807, 2.05) is 0 Å². The van der Waals surface area contributed by atoms with Crippen LogP contribution in [0.1, 0.15) is 40.0 Å². The highest BCUT2D eigenvalue weighted by Gasteiger charge is 2.61. The maximum Gasteiger partial charge on any atom is 0.166 e. The predicted octanol–water partition coefficient (Wildman–Crippen LogP) is 2.82. The van der Waals surface area contributed by atoms with Crippen LogP contribution in [0.15, 0.2) is 0 Å². The maximum atomic E-state index is 8.80. The van der Waals surface area contributed by atoms with Gasteiger partial charge in [0, 0.05) is 0 Å². The van der Waals surface area contributed by atoms with E-state index < -0.39 is 0 Å². The van der Waals surface area contributed by atoms with E-state index in [0.29, 0.717) is 23.5 Å². The molecule has 2 fully saturated rings. The van der Waals surface area contributed by atoms with Crippen molar-refractivity contribution in [1.82, 2.24) is 0 Å². The number of nitriles is 1. The van der Waals surface area contributed by atoms with Gasteiger partial charge >= 0.3 is 0 Å². The molecule has 0 radical (unpaired) electrons. The van der Waals surface area contributed by atoms with Gasteiger partial charge in [-0.1, -0.05) is 20.8 Å². The minimum absolute atomic E-state index is 0.351. The van der Waals surface area contributed by atoms with Gasteiger partial charge in [-0.25, -0.2) is 0 Å². The van der Waals surface area contributed by atoms with Crippen molar-refractivity contribution in [2.75, 3.05) is 33.8 Å². The number of fused-ring (bicyclic) bond motifs is 2. The molecule has 0 aromatic heterocycles. The zero-order chi connectivity index (χ0) is 14.3. The molecule has 2 bridgehead atoms. The molecule has 0 aromatic rings. The maximum absolute atomic E-state index is 8.80. The fourth-order valence-corrected chi connectivity index (χ4v) is 4.09. The van der Waals surface area contributed by atoms with Crippen molar-refractivity contribution < 1.29 is 9.22 Å². The molecule has 2 saturated carbocycles. The molecule has 2 rings (SSSR count). The SMILES string of the molecule is CC1(C)[C@@H]2CC[C@@]1(C)[C@H](OCC[N+](C)(C)CC#N)C2. The first kappa shape index (κ1) is 14.8. The molecule has 0 spiro atoms. The first-order chi connectivity index (χ1) is 8.73. The second-order valence-electron chi connectivity index (χ2n) is 7.95. The number of quaternary nitrogens is 1. The van der Waals surface area contributed by atoms with E-state index in [1.54, 1.807) is 0 Å². The number of ether oxygens (including phenoxy) is 1. The summed E-state index contributed by atoms with van der Waals surface area (Å²) in [6.07, 6.45) is 4.34. The van der Waals surface area contributed by atoms with Crippen LogP contribution in [-0.4, -0.2) is 44.4 Å². The Labute approximate surface area is 118 Å². The Kier molecular flexibility index (Phi) is 3.70. The van der Waals surface area contributed by atoms with Gasteiger partial charge in [0.15, 0.2) is 6.54 Å². The van der Waals surface area contributed by atoms with Crippen LogP contribution in [0, 0.1) is 28.1 Å². The summed E-state index contributed by atoms with van der Waals surface area (Å²) in [5.74, 6) is 0.837. The van der Waals surface area contributed by atoms with Crippen LogP contribution in [-0.2, 0) is 4.74 Å². The van der Waals surface area contributed by atoms with Gasteiger partial charge < -0.3 is 9.22 Å². The molecule has 0 saturated heterocycles. The largest absolute Gasteiger partial charge is 0.372 e. The summed E-state index contributed by atoms with van der Waals surface area (Å²) in [6.45, 7) is 9.51. The summed E-state index contributed by atoms with van der Waals surface area (Å²) < 4.78 is 6.96. The van der Waals surface area contributed by atoms with E-state index in [1.165, 1.54) is 19.3 Å². The van der Waals surface area contributed by atoms with E-state index in [0.717, 1.165) is 23.6 Å². The van der Waals surface area contributed by atoms with Gasteiger partial charge in [-0.05, 0) is 36.0 Å². The Morgan fingerprint density at radius 2 is 2.00 bits per heavy atom. The third kappa shape index (κ3) is 2.41. The Hall–Kier alpha value is -0.590. The summed E-state index contributed by atoms with van der Waals surface area (Å²) in [4.78, 5) is 0. The zero-order valence-corrected chi connectivity index (χ0v) is 13.2. The molecule has 3 atom stereocenters. The molecular weight excluding hydrogens is 236 g/mol. The van der Waals surface area contributed by atoms with Gasteiger partial charge in [-0.2, -0.15) is 5.26 Å². The molecule has 0 N–H and O–H groups in total. The van der Waals surface area contributed by atoms with E-state index in [2.05, 4.69) is 40.9 Å². The van der Waals surface area contributed by atoms with E-state index in [-0.39, 0.29) is 0 Å². The molecule has 108 valence electrons. The summed E-state index contributed by atoms with van der Waals surface area (Å²) in [5, 5.41) is 8.80. The molecule has 0 amide bonds. The summed E-state index contributed by atoms with van der Waals surface area (Å²) in [6, 6.07) is 2.25. The van der Waals surface area contributed by atoms with Crippen LogP contribution in [0.5, 0.6) is 0 Å². The van der Waals surface area contributed by atoms with Crippen LogP contribution < -0.4 is 0 Å². The monoisotopic (exact) mass is 265 g/mol. The lowest BCUT2D eigenvalue weighted by molar-refractivity contribution is -0.883. The van der Waals surface area contributed by atoms with Crippen LogP contribution in [0.4, 0.5) is 0 Å². The van der Waals surface area contributed by atoms with Crippen LogP contribution in [0.3, 0.4) is 0 Å². The Morgan fingerprint density at radius 1 is 1.32 bits per heavy atom. The highest BCUT2D eigenvalue weighted by Crippen LogP contribution is 2.66. The third-order valence-corrected chi connectivity index (χ3v) is 6.23. The van der Waals surface area contributed by atoms with Gasteiger partial charge in [0.05, 0.1) is 26.8 Å². The minimum atomic E-state index is 0.351. The third-order valence-electron chi connectivity index (χ3n) is 6.23.